The molecule has 0 atom stereocenters. The van der Waals surface area contributed by atoms with E-state index in [1.807, 2.05) is 0 Å². The molecule has 1 aromatic heterocycles. The van der Waals surface area contributed by atoms with Crippen molar-refractivity contribution >= 4 is 34.9 Å². The monoisotopic (exact) mass is 486 g/mol. The van der Waals surface area contributed by atoms with Crippen LogP contribution in [0.3, 0.4) is 0 Å². The minimum Gasteiger partial charge on any atom is -0.454 e. The number of ether oxygens (including phenoxy) is 1. The molecule has 3 aromatic rings. The second kappa shape index (κ2) is 10.1. The summed E-state index contributed by atoms with van der Waals surface area (Å²) in [5, 5.41) is 10.8. The van der Waals surface area contributed by atoms with Gasteiger partial charge in [0.05, 0.1) is 17.0 Å². The molecule has 0 radical (unpaired) electrons. The summed E-state index contributed by atoms with van der Waals surface area (Å²) < 4.78 is 6.90. The number of nitro groups is 1. The second-order valence-electron chi connectivity index (χ2n) is 7.09. The molecule has 0 unspecified atom stereocenters. The number of hydrogen-bond donors (Lipinski definition) is 1. The maximum absolute atomic E-state index is 12.8. The Labute approximate surface area is 197 Å². The highest BCUT2D eigenvalue weighted by Crippen LogP contribution is 2.25. The van der Waals surface area contributed by atoms with Gasteiger partial charge < -0.3 is 10.5 Å². The summed E-state index contributed by atoms with van der Waals surface area (Å²) in [6, 6.07) is 12.1. The van der Waals surface area contributed by atoms with Gasteiger partial charge in [-0.2, -0.15) is 0 Å². The number of esters is 1. The van der Waals surface area contributed by atoms with Crippen molar-refractivity contribution in [1.29, 1.82) is 0 Å². The van der Waals surface area contributed by atoms with Crippen LogP contribution in [0.4, 0.5) is 11.5 Å². The van der Waals surface area contributed by atoms with Crippen LogP contribution in [0.2, 0.25) is 5.02 Å². The second-order valence-corrected chi connectivity index (χ2v) is 7.49. The molecule has 0 saturated carbocycles. The molecule has 0 fully saturated rings. The molecule has 1 heterocycles. The number of halogens is 1. The molecule has 0 aliphatic rings. The number of anilines is 1. The normalized spacial score (nSPS) is 10.6. The van der Waals surface area contributed by atoms with Crippen LogP contribution in [0.25, 0.3) is 0 Å². The number of ketones is 1. The van der Waals surface area contributed by atoms with Crippen molar-refractivity contribution < 1.29 is 19.2 Å². The Morgan fingerprint density at radius 1 is 1.12 bits per heavy atom. The molecule has 2 N–H and O–H groups in total. The third kappa shape index (κ3) is 4.89. The Kier molecular flexibility index (Phi) is 7.27. The Bertz CT molecular complexity index is 1400. The van der Waals surface area contributed by atoms with Crippen molar-refractivity contribution in [2.45, 2.75) is 20.0 Å². The van der Waals surface area contributed by atoms with Gasteiger partial charge in [-0.3, -0.25) is 28.8 Å². The standard InChI is InChI=1S/C22H19ClN4O7/c1-2-25-20(29)18(19(24)26(22(25)31)11-13-6-4-3-5-7-13)17(28)12-34-21(30)14-8-9-15(23)16(10-14)27(32)33/h3-10H,2,11-12,24H2,1H3. The summed E-state index contributed by atoms with van der Waals surface area (Å²) in [6.07, 6.45) is 0. The molecule has 0 saturated heterocycles. The van der Waals surface area contributed by atoms with Gasteiger partial charge in [0.2, 0.25) is 5.78 Å². The zero-order valence-electron chi connectivity index (χ0n) is 17.9. The van der Waals surface area contributed by atoms with Crippen molar-refractivity contribution in [1.82, 2.24) is 9.13 Å². The van der Waals surface area contributed by atoms with Crippen molar-refractivity contribution in [3.05, 3.63) is 101 Å². The lowest BCUT2D eigenvalue weighted by Gasteiger charge is -2.16. The van der Waals surface area contributed by atoms with Crippen LogP contribution < -0.4 is 17.0 Å². The Balaban J connectivity index is 1.91. The number of nitrogens with two attached hydrogens (primary N) is 1. The number of carbonyl (C=O) groups excluding carboxylic acids is 2. The fourth-order valence-corrected chi connectivity index (χ4v) is 3.43. The molecule has 34 heavy (non-hydrogen) atoms. The molecule has 0 spiro atoms. The third-order valence-electron chi connectivity index (χ3n) is 4.96. The Morgan fingerprint density at radius 2 is 1.79 bits per heavy atom. The van der Waals surface area contributed by atoms with Crippen molar-refractivity contribution in [2.24, 2.45) is 0 Å². The third-order valence-corrected chi connectivity index (χ3v) is 5.28. The summed E-state index contributed by atoms with van der Waals surface area (Å²) in [6.45, 7) is 0.692. The summed E-state index contributed by atoms with van der Waals surface area (Å²) in [4.78, 5) is 60.9. The topological polar surface area (TPSA) is 157 Å². The quantitative estimate of drug-likeness (QED) is 0.220. The van der Waals surface area contributed by atoms with E-state index in [1.54, 1.807) is 37.3 Å². The Hall–Kier alpha value is -4.25. The van der Waals surface area contributed by atoms with E-state index in [0.29, 0.717) is 5.56 Å². The first-order chi connectivity index (χ1) is 16.1. The van der Waals surface area contributed by atoms with Gasteiger partial charge in [0.15, 0.2) is 6.61 Å². The first-order valence-electron chi connectivity index (χ1n) is 9.97. The van der Waals surface area contributed by atoms with E-state index in [9.17, 15) is 29.3 Å². The molecular formula is C22H19ClN4O7. The van der Waals surface area contributed by atoms with E-state index in [1.165, 1.54) is 6.07 Å². The highest BCUT2D eigenvalue weighted by atomic mass is 35.5. The predicted octanol–water partition coefficient (Wildman–Crippen LogP) is 2.26. The molecule has 0 amide bonds. The molecule has 0 aliphatic carbocycles. The fraction of sp³-hybridized carbons (Fsp3) is 0.182. The molecule has 2 aromatic carbocycles. The molecule has 0 bridgehead atoms. The number of aromatic nitrogens is 2. The largest absolute Gasteiger partial charge is 0.454 e. The Morgan fingerprint density at radius 3 is 2.41 bits per heavy atom. The van der Waals surface area contributed by atoms with Crippen LogP contribution in [0, 0.1) is 10.1 Å². The van der Waals surface area contributed by atoms with Gasteiger partial charge in [-0.1, -0.05) is 41.9 Å². The smallest absolute Gasteiger partial charge is 0.338 e. The van der Waals surface area contributed by atoms with Gasteiger partial charge in [0.1, 0.15) is 16.4 Å². The van der Waals surface area contributed by atoms with Gasteiger partial charge in [-0.25, -0.2) is 9.59 Å². The van der Waals surface area contributed by atoms with Gasteiger partial charge in [0, 0.05) is 12.6 Å². The van der Waals surface area contributed by atoms with Gasteiger partial charge in [0.25, 0.3) is 11.2 Å². The number of rotatable bonds is 8. The number of nitro benzene ring substituents is 1. The number of carbonyl (C=O) groups is 2. The van der Waals surface area contributed by atoms with Crippen LogP contribution in [0.15, 0.2) is 58.1 Å². The average molecular weight is 487 g/mol. The van der Waals surface area contributed by atoms with Crippen LogP contribution in [0.1, 0.15) is 33.2 Å². The summed E-state index contributed by atoms with van der Waals surface area (Å²) in [7, 11) is 0. The van der Waals surface area contributed by atoms with Gasteiger partial charge >= 0.3 is 11.7 Å². The van der Waals surface area contributed by atoms with E-state index in [4.69, 9.17) is 22.1 Å². The maximum atomic E-state index is 12.8. The number of hydrogen-bond acceptors (Lipinski definition) is 8. The first kappa shape index (κ1) is 24.4. The lowest BCUT2D eigenvalue weighted by molar-refractivity contribution is -0.384. The van der Waals surface area contributed by atoms with E-state index in [0.717, 1.165) is 21.3 Å². The zero-order chi connectivity index (χ0) is 25.0. The van der Waals surface area contributed by atoms with Crippen LogP contribution in [-0.4, -0.2) is 32.4 Å². The fourth-order valence-electron chi connectivity index (χ4n) is 3.24. The van der Waals surface area contributed by atoms with Gasteiger partial charge in [-0.05, 0) is 24.6 Å². The molecule has 11 nitrogen and oxygen atoms in total. The van der Waals surface area contributed by atoms with Crippen molar-refractivity contribution in [2.75, 3.05) is 12.3 Å². The SMILES string of the molecule is CCn1c(=O)c(C(=O)COC(=O)c2ccc(Cl)c([N+](=O)[O-])c2)c(N)n(Cc2ccccc2)c1=O. The summed E-state index contributed by atoms with van der Waals surface area (Å²) in [5.74, 6) is -2.32. The predicted molar refractivity (Wildman–Crippen MR) is 123 cm³/mol. The van der Waals surface area contributed by atoms with Crippen LogP contribution in [0.5, 0.6) is 0 Å². The van der Waals surface area contributed by atoms with E-state index in [2.05, 4.69) is 0 Å². The molecule has 12 heteroatoms. The molecule has 3 rings (SSSR count). The highest BCUT2D eigenvalue weighted by Gasteiger charge is 2.24. The number of nitrogens with zero attached hydrogens (tertiary/aromatic N) is 3. The zero-order valence-corrected chi connectivity index (χ0v) is 18.7. The van der Waals surface area contributed by atoms with Crippen molar-refractivity contribution in [3.63, 3.8) is 0 Å². The number of Topliss-reactive ketones (excluding diaryl/α,β-unsaturated/α-hetero) is 1. The molecule has 176 valence electrons. The van der Waals surface area contributed by atoms with E-state index in [-0.39, 0.29) is 29.5 Å². The molecular weight excluding hydrogens is 468 g/mol. The number of nitrogen functional groups attached to an aromatic ring is 1. The van der Waals surface area contributed by atoms with Crippen molar-refractivity contribution in [3.8, 4) is 0 Å². The van der Waals surface area contributed by atoms with Gasteiger partial charge in [-0.15, -0.1) is 0 Å². The van der Waals surface area contributed by atoms with E-state index >= 15 is 0 Å². The average Bonchev–Trinajstić information content (AvgIpc) is 2.81. The van der Waals surface area contributed by atoms with Crippen LogP contribution in [-0.2, 0) is 17.8 Å². The summed E-state index contributed by atoms with van der Waals surface area (Å²) >= 11 is 5.73. The lowest BCUT2D eigenvalue weighted by atomic mass is 10.1. The maximum Gasteiger partial charge on any atom is 0.338 e. The lowest BCUT2D eigenvalue weighted by Crippen LogP contribution is -2.44. The molecule has 0 aliphatic heterocycles. The minimum absolute atomic E-state index is 0.0127. The summed E-state index contributed by atoms with van der Waals surface area (Å²) in [5.41, 5.74) is 3.96. The minimum atomic E-state index is -1.04. The van der Waals surface area contributed by atoms with Crippen LogP contribution >= 0.6 is 11.6 Å². The highest BCUT2D eigenvalue weighted by molar-refractivity contribution is 6.32. The first-order valence-corrected chi connectivity index (χ1v) is 10.3. The van der Waals surface area contributed by atoms with E-state index < -0.39 is 45.8 Å². The number of benzene rings is 2.